The lowest BCUT2D eigenvalue weighted by molar-refractivity contribution is 0.0141. The Morgan fingerprint density at radius 2 is 1.34 bits per heavy atom. The van der Waals surface area contributed by atoms with E-state index in [1.165, 1.54) is 0 Å². The third-order valence-corrected chi connectivity index (χ3v) is 8.19. The van der Waals surface area contributed by atoms with E-state index in [-0.39, 0.29) is 29.8 Å². The second kappa shape index (κ2) is 13.9. The van der Waals surface area contributed by atoms with Crippen LogP contribution in [-0.2, 0) is 11.2 Å². The minimum atomic E-state index is -0.583. The maximum absolute atomic E-state index is 13.9. The molecule has 12 nitrogen and oxygen atoms in total. The molecule has 4 aromatic rings. The van der Waals surface area contributed by atoms with E-state index in [1.807, 2.05) is 72.9 Å². The van der Waals surface area contributed by atoms with E-state index in [2.05, 4.69) is 48.3 Å². The Labute approximate surface area is 276 Å². The van der Waals surface area contributed by atoms with Gasteiger partial charge in [0.15, 0.2) is 0 Å². The summed E-state index contributed by atoms with van der Waals surface area (Å²) in [5.41, 5.74) is 3.79. The summed E-state index contributed by atoms with van der Waals surface area (Å²) in [4.78, 5) is 29.9. The molecule has 1 aliphatic heterocycles. The highest BCUT2D eigenvalue weighted by Crippen LogP contribution is 2.29. The second-order valence-corrected chi connectivity index (χ2v) is 13.9. The van der Waals surface area contributed by atoms with Crippen molar-refractivity contribution in [1.29, 1.82) is 0 Å². The van der Waals surface area contributed by atoms with Crippen molar-refractivity contribution >= 4 is 12.0 Å². The summed E-state index contributed by atoms with van der Waals surface area (Å²) in [6.07, 6.45) is 5.12. The number of ether oxygens (including phenoxy) is 1. The number of hydrogen-bond donors (Lipinski definition) is 1. The first-order chi connectivity index (χ1) is 22.3. The topological polar surface area (TPSA) is 132 Å². The Morgan fingerprint density at radius 3 is 1.87 bits per heavy atom. The van der Waals surface area contributed by atoms with Crippen LogP contribution in [0.1, 0.15) is 82.9 Å². The van der Waals surface area contributed by atoms with Gasteiger partial charge in [-0.2, -0.15) is 0 Å². The second-order valence-electron chi connectivity index (χ2n) is 13.9. The molecular weight excluding hydrogens is 596 g/mol. The van der Waals surface area contributed by atoms with Gasteiger partial charge in [-0.1, -0.05) is 36.4 Å². The van der Waals surface area contributed by atoms with Crippen LogP contribution in [0.5, 0.6) is 5.75 Å². The van der Waals surface area contributed by atoms with Crippen molar-refractivity contribution in [3.05, 3.63) is 66.0 Å². The number of hydrogen-bond acceptors (Lipinski definition) is 8. The van der Waals surface area contributed by atoms with Gasteiger partial charge in [-0.15, -0.1) is 10.2 Å². The van der Waals surface area contributed by atoms with Gasteiger partial charge in [0, 0.05) is 42.9 Å². The van der Waals surface area contributed by atoms with Crippen LogP contribution in [0, 0.1) is 5.92 Å². The summed E-state index contributed by atoms with van der Waals surface area (Å²) in [6.45, 7) is 15.6. The summed E-state index contributed by atoms with van der Waals surface area (Å²) >= 11 is 0. The monoisotopic (exact) mass is 642 g/mol. The van der Waals surface area contributed by atoms with Gasteiger partial charge in [0.05, 0.1) is 24.5 Å². The van der Waals surface area contributed by atoms with Gasteiger partial charge in [-0.25, -0.2) is 14.2 Å². The van der Waals surface area contributed by atoms with Crippen molar-refractivity contribution in [3.63, 3.8) is 0 Å². The fraction of sp³-hybridized carbons (Fsp3) is 0.486. The van der Waals surface area contributed by atoms with E-state index < -0.39 is 5.60 Å². The minimum absolute atomic E-state index is 0.00805. The number of nitrogens with zero attached hydrogens (tertiary/aromatic N) is 8. The van der Waals surface area contributed by atoms with Gasteiger partial charge in [-0.3, -0.25) is 4.79 Å². The van der Waals surface area contributed by atoms with Crippen molar-refractivity contribution in [3.8, 4) is 28.3 Å². The summed E-state index contributed by atoms with van der Waals surface area (Å²) in [5.74, 6) is 0.611. The molecule has 0 saturated carbocycles. The van der Waals surface area contributed by atoms with Crippen LogP contribution in [0.15, 0.2) is 54.9 Å². The number of amides is 2. The van der Waals surface area contributed by atoms with Gasteiger partial charge < -0.3 is 19.6 Å². The number of rotatable bonds is 9. The zero-order valence-electron chi connectivity index (χ0n) is 28.4. The number of aromatic hydroxyl groups is 1. The third-order valence-electron chi connectivity index (χ3n) is 8.19. The molecule has 0 aliphatic carbocycles. The normalized spacial score (nSPS) is 15.1. The lowest BCUT2D eigenvalue weighted by Crippen LogP contribution is -2.51. The molecule has 2 aromatic heterocycles. The molecule has 5 rings (SSSR count). The molecule has 1 aliphatic rings. The number of carbonyl (C=O) groups excluding carboxylic acids is 2. The largest absolute Gasteiger partial charge is 0.508 e. The Bertz CT molecular complexity index is 1680. The van der Waals surface area contributed by atoms with Gasteiger partial charge in [0.2, 0.25) is 0 Å². The van der Waals surface area contributed by atoms with Crippen LogP contribution < -0.4 is 0 Å². The molecule has 12 heteroatoms. The number of phenols is 1. The maximum Gasteiger partial charge on any atom is 0.410 e. The van der Waals surface area contributed by atoms with Crippen molar-refractivity contribution < 1.29 is 19.4 Å². The highest BCUT2D eigenvalue weighted by molar-refractivity contribution is 5.97. The molecule has 0 spiro atoms. The zero-order valence-corrected chi connectivity index (χ0v) is 28.4. The average molecular weight is 643 g/mol. The van der Waals surface area contributed by atoms with E-state index in [0.717, 1.165) is 23.1 Å². The Morgan fingerprint density at radius 1 is 0.809 bits per heavy atom. The van der Waals surface area contributed by atoms with Crippen molar-refractivity contribution in [2.75, 3.05) is 26.2 Å². The summed E-state index contributed by atoms with van der Waals surface area (Å²) in [6, 6.07) is 13.0. The van der Waals surface area contributed by atoms with Crippen molar-refractivity contribution in [1.82, 2.24) is 39.8 Å². The molecule has 3 heterocycles. The molecule has 1 saturated heterocycles. The number of aromatic nitrogens is 6. The van der Waals surface area contributed by atoms with E-state index >= 15 is 0 Å². The third kappa shape index (κ3) is 8.55. The Balaban J connectivity index is 1.41. The number of benzene rings is 2. The molecule has 0 unspecified atom stereocenters. The highest BCUT2D eigenvalue weighted by atomic mass is 16.6. The molecule has 2 amide bonds. The molecule has 250 valence electrons. The first kappa shape index (κ1) is 33.6. The highest BCUT2D eigenvalue weighted by Gasteiger charge is 2.29. The predicted molar refractivity (Wildman–Crippen MR) is 179 cm³/mol. The van der Waals surface area contributed by atoms with E-state index in [0.29, 0.717) is 55.5 Å². The standard InChI is InChI=1S/C35H46N8O4/c1-23(2)16-24(3)42-21-31(36-38-42)27-18-28(32-22-43(39-37-32)25(4)17-26-8-10-30(44)11-9-26)20-29(19-27)33(45)40-12-14-41(15-13-40)34(46)47-35(5,6)7/h8-11,18-25,44H,12-17H2,1-7H3/t24-,25-/m1/s1. The van der Waals surface area contributed by atoms with E-state index in [9.17, 15) is 14.7 Å². The first-order valence-electron chi connectivity index (χ1n) is 16.3. The smallest absolute Gasteiger partial charge is 0.410 e. The Kier molecular flexibility index (Phi) is 9.97. The van der Waals surface area contributed by atoms with Crippen molar-refractivity contribution in [2.24, 2.45) is 5.92 Å². The fourth-order valence-electron chi connectivity index (χ4n) is 5.75. The molecule has 0 radical (unpaired) electrons. The number of phenolic OH excluding ortho intramolecular Hbond substituents is 1. The van der Waals surface area contributed by atoms with Gasteiger partial charge in [-0.05, 0) is 89.3 Å². The summed E-state index contributed by atoms with van der Waals surface area (Å²) in [7, 11) is 0. The molecule has 1 N–H and O–H groups in total. The van der Waals surface area contributed by atoms with Crippen LogP contribution in [0.2, 0.25) is 0 Å². The quantitative estimate of drug-likeness (QED) is 0.235. The van der Waals surface area contributed by atoms with Crippen LogP contribution in [0.4, 0.5) is 4.79 Å². The van der Waals surface area contributed by atoms with Crippen LogP contribution in [0.25, 0.3) is 22.5 Å². The lowest BCUT2D eigenvalue weighted by atomic mass is 10.0. The maximum atomic E-state index is 13.9. The van der Waals surface area contributed by atoms with Crippen LogP contribution >= 0.6 is 0 Å². The summed E-state index contributed by atoms with van der Waals surface area (Å²) < 4.78 is 9.22. The van der Waals surface area contributed by atoms with E-state index in [1.54, 1.807) is 21.9 Å². The molecule has 1 fully saturated rings. The minimum Gasteiger partial charge on any atom is -0.508 e. The average Bonchev–Trinajstić information content (AvgIpc) is 3.72. The molecule has 47 heavy (non-hydrogen) atoms. The van der Waals surface area contributed by atoms with Gasteiger partial charge >= 0.3 is 6.09 Å². The zero-order chi connectivity index (χ0) is 33.9. The molecule has 2 atom stereocenters. The summed E-state index contributed by atoms with van der Waals surface area (Å²) in [5, 5.41) is 27.4. The molecule has 2 aromatic carbocycles. The SMILES string of the molecule is CC(C)C[C@@H](C)n1cc(-c2cc(C(=O)N3CCN(C(=O)OC(C)(C)C)CC3)cc(-c3cn([C@H](C)Cc4ccc(O)cc4)nn3)c2)nn1. The number of carbonyl (C=O) groups is 2. The molecule has 0 bridgehead atoms. The van der Waals surface area contributed by atoms with E-state index in [4.69, 9.17) is 4.74 Å². The number of piperazine rings is 1. The lowest BCUT2D eigenvalue weighted by Gasteiger charge is -2.35. The molecular formula is C35H46N8O4. The van der Waals surface area contributed by atoms with Crippen LogP contribution in [0.3, 0.4) is 0 Å². The first-order valence-corrected chi connectivity index (χ1v) is 16.3. The van der Waals surface area contributed by atoms with Gasteiger partial charge in [0.25, 0.3) is 5.91 Å². The van der Waals surface area contributed by atoms with Gasteiger partial charge in [0.1, 0.15) is 22.7 Å². The van der Waals surface area contributed by atoms with Crippen LogP contribution in [-0.4, -0.2) is 88.7 Å². The predicted octanol–water partition coefficient (Wildman–Crippen LogP) is 6.01. The fourth-order valence-corrected chi connectivity index (χ4v) is 5.75. The van der Waals surface area contributed by atoms with Crippen molar-refractivity contribution in [2.45, 2.75) is 79.0 Å². The Hall–Kier alpha value is -4.74.